The Balaban J connectivity index is 1.80. The van der Waals surface area contributed by atoms with Crippen molar-refractivity contribution in [3.8, 4) is 5.75 Å². The molecule has 1 saturated heterocycles. The molecule has 6 nitrogen and oxygen atoms in total. The first-order valence-corrected chi connectivity index (χ1v) is 7.21. The molecule has 0 spiro atoms. The molecular formula is C16H19NO5. The van der Waals surface area contributed by atoms with Gasteiger partial charge in [-0.2, -0.15) is 0 Å². The number of amides is 1. The molecule has 1 N–H and O–H groups in total. The summed E-state index contributed by atoms with van der Waals surface area (Å²) in [7, 11) is 0. The third kappa shape index (κ3) is 4.07. The molecular weight excluding hydrogens is 286 g/mol. The second kappa shape index (κ2) is 7.06. The van der Waals surface area contributed by atoms with Crippen LogP contribution in [0.3, 0.4) is 0 Å². The Morgan fingerprint density at radius 3 is 2.27 bits per heavy atom. The fourth-order valence-electron chi connectivity index (χ4n) is 2.40. The number of carbonyl (C=O) groups excluding carboxylic acids is 2. The molecule has 22 heavy (non-hydrogen) atoms. The van der Waals surface area contributed by atoms with E-state index in [1.807, 2.05) is 0 Å². The van der Waals surface area contributed by atoms with E-state index in [-0.39, 0.29) is 24.2 Å². The second-order valence-corrected chi connectivity index (χ2v) is 5.36. The third-order valence-corrected chi connectivity index (χ3v) is 3.82. The fraction of sp³-hybridized carbons (Fsp3) is 0.438. The van der Waals surface area contributed by atoms with Crippen LogP contribution in [0.4, 0.5) is 0 Å². The summed E-state index contributed by atoms with van der Waals surface area (Å²) in [5, 5.41) is 8.92. The third-order valence-electron chi connectivity index (χ3n) is 3.82. The van der Waals surface area contributed by atoms with Gasteiger partial charge in [0.15, 0.2) is 12.4 Å². The van der Waals surface area contributed by atoms with Crippen molar-refractivity contribution >= 4 is 17.7 Å². The number of nitrogens with zero attached hydrogens (tertiary/aromatic N) is 1. The van der Waals surface area contributed by atoms with Gasteiger partial charge >= 0.3 is 5.97 Å². The van der Waals surface area contributed by atoms with Crippen LogP contribution in [-0.2, 0) is 9.59 Å². The van der Waals surface area contributed by atoms with Crippen LogP contribution >= 0.6 is 0 Å². The number of aliphatic carboxylic acids is 1. The van der Waals surface area contributed by atoms with Crippen LogP contribution in [0.25, 0.3) is 0 Å². The Morgan fingerprint density at radius 1 is 1.18 bits per heavy atom. The van der Waals surface area contributed by atoms with E-state index < -0.39 is 5.97 Å². The summed E-state index contributed by atoms with van der Waals surface area (Å²) in [6.07, 6.45) is 0.961. The van der Waals surface area contributed by atoms with Crippen molar-refractivity contribution in [2.45, 2.75) is 19.8 Å². The van der Waals surface area contributed by atoms with E-state index in [1.54, 1.807) is 29.2 Å². The van der Waals surface area contributed by atoms with E-state index in [0.717, 1.165) is 0 Å². The van der Waals surface area contributed by atoms with Crippen LogP contribution in [0.5, 0.6) is 5.75 Å². The lowest BCUT2D eigenvalue weighted by Gasteiger charge is -2.30. The van der Waals surface area contributed by atoms with Gasteiger partial charge in [0, 0.05) is 18.7 Å². The van der Waals surface area contributed by atoms with E-state index in [2.05, 4.69) is 0 Å². The summed E-state index contributed by atoms with van der Waals surface area (Å²) in [5.74, 6) is -0.805. The molecule has 0 atom stereocenters. The first kappa shape index (κ1) is 16.0. The quantitative estimate of drug-likeness (QED) is 0.835. The van der Waals surface area contributed by atoms with Crippen LogP contribution in [-0.4, -0.2) is 47.4 Å². The van der Waals surface area contributed by atoms with E-state index in [0.29, 0.717) is 37.2 Å². The van der Waals surface area contributed by atoms with Crippen LogP contribution in [0.2, 0.25) is 0 Å². The average molecular weight is 305 g/mol. The van der Waals surface area contributed by atoms with Gasteiger partial charge in [-0.15, -0.1) is 0 Å². The lowest BCUT2D eigenvalue weighted by Crippen LogP contribution is -2.42. The highest BCUT2D eigenvalue weighted by Crippen LogP contribution is 2.18. The number of benzene rings is 1. The Kier molecular flexibility index (Phi) is 5.14. The van der Waals surface area contributed by atoms with Crippen molar-refractivity contribution < 1.29 is 24.2 Å². The van der Waals surface area contributed by atoms with E-state index >= 15 is 0 Å². The first-order chi connectivity index (χ1) is 10.5. The second-order valence-electron chi connectivity index (χ2n) is 5.36. The van der Waals surface area contributed by atoms with Crippen molar-refractivity contribution in [1.29, 1.82) is 0 Å². The van der Waals surface area contributed by atoms with Crippen LogP contribution < -0.4 is 4.74 Å². The molecule has 1 amide bonds. The number of ketones is 1. The minimum absolute atomic E-state index is 0.0241. The average Bonchev–Trinajstić information content (AvgIpc) is 2.53. The predicted octanol–water partition coefficient (Wildman–Crippen LogP) is 1.59. The van der Waals surface area contributed by atoms with Crippen molar-refractivity contribution in [2.24, 2.45) is 5.92 Å². The number of carbonyl (C=O) groups is 3. The maximum absolute atomic E-state index is 12.0. The number of hydrogen-bond donors (Lipinski definition) is 1. The van der Waals surface area contributed by atoms with E-state index in [4.69, 9.17) is 9.84 Å². The SMILES string of the molecule is CC(=O)c1ccc(OCC(=O)N2CCC(C(=O)O)CC2)cc1. The van der Waals surface area contributed by atoms with Gasteiger partial charge < -0.3 is 14.7 Å². The minimum Gasteiger partial charge on any atom is -0.484 e. The molecule has 0 unspecified atom stereocenters. The van der Waals surface area contributed by atoms with E-state index in [1.165, 1.54) is 6.92 Å². The molecule has 0 aromatic heterocycles. The number of carboxylic acid groups (broad SMARTS) is 1. The number of rotatable bonds is 5. The maximum Gasteiger partial charge on any atom is 0.306 e. The lowest BCUT2D eigenvalue weighted by atomic mass is 9.97. The zero-order valence-corrected chi connectivity index (χ0v) is 12.4. The van der Waals surface area contributed by atoms with Crippen LogP contribution in [0, 0.1) is 5.92 Å². The molecule has 1 aromatic rings. The van der Waals surface area contributed by atoms with Gasteiger partial charge in [-0.3, -0.25) is 14.4 Å². The predicted molar refractivity (Wildman–Crippen MR) is 78.9 cm³/mol. The first-order valence-electron chi connectivity index (χ1n) is 7.21. The smallest absolute Gasteiger partial charge is 0.306 e. The van der Waals surface area contributed by atoms with Crippen LogP contribution in [0.1, 0.15) is 30.1 Å². The molecule has 0 saturated carbocycles. The molecule has 1 heterocycles. The summed E-state index contributed by atoms with van der Waals surface area (Å²) >= 11 is 0. The Hall–Kier alpha value is -2.37. The molecule has 118 valence electrons. The molecule has 0 radical (unpaired) electrons. The highest BCUT2D eigenvalue weighted by molar-refractivity contribution is 5.94. The number of ether oxygens (including phenoxy) is 1. The van der Waals surface area contributed by atoms with Gasteiger partial charge in [0.2, 0.25) is 0 Å². The van der Waals surface area contributed by atoms with Crippen molar-refractivity contribution in [1.82, 2.24) is 4.90 Å². The fourth-order valence-corrected chi connectivity index (χ4v) is 2.40. The summed E-state index contributed by atoms with van der Waals surface area (Å²) in [6.45, 7) is 2.29. The monoisotopic (exact) mass is 305 g/mol. The number of likely N-dealkylation sites (tertiary alicyclic amines) is 1. The van der Waals surface area contributed by atoms with Gasteiger partial charge in [0.05, 0.1) is 5.92 Å². The number of carboxylic acids is 1. The zero-order chi connectivity index (χ0) is 16.1. The normalized spacial score (nSPS) is 15.4. The highest BCUT2D eigenvalue weighted by Gasteiger charge is 2.26. The molecule has 0 bridgehead atoms. The number of Topliss-reactive ketones (excluding diaryl/α,β-unsaturated/α-hetero) is 1. The molecule has 0 aliphatic carbocycles. The van der Waals surface area contributed by atoms with Crippen molar-refractivity contribution in [3.05, 3.63) is 29.8 Å². The Morgan fingerprint density at radius 2 is 1.77 bits per heavy atom. The number of piperidine rings is 1. The Bertz CT molecular complexity index is 558. The standard InChI is InChI=1S/C16H19NO5/c1-11(18)12-2-4-14(5-3-12)22-10-15(19)17-8-6-13(7-9-17)16(20)21/h2-5,13H,6-10H2,1H3,(H,20,21). The van der Waals surface area contributed by atoms with Crippen molar-refractivity contribution in [3.63, 3.8) is 0 Å². The van der Waals surface area contributed by atoms with Crippen LogP contribution in [0.15, 0.2) is 24.3 Å². The summed E-state index contributed by atoms with van der Waals surface area (Å²) in [5.41, 5.74) is 0.592. The Labute approximate surface area is 128 Å². The largest absolute Gasteiger partial charge is 0.484 e. The number of hydrogen-bond acceptors (Lipinski definition) is 4. The molecule has 1 aliphatic heterocycles. The molecule has 1 aliphatic rings. The summed E-state index contributed by atoms with van der Waals surface area (Å²) in [4.78, 5) is 35.7. The maximum atomic E-state index is 12.0. The molecule has 1 fully saturated rings. The zero-order valence-electron chi connectivity index (χ0n) is 12.4. The lowest BCUT2D eigenvalue weighted by molar-refractivity contribution is -0.146. The highest BCUT2D eigenvalue weighted by atomic mass is 16.5. The van der Waals surface area contributed by atoms with Gasteiger partial charge in [-0.05, 0) is 44.0 Å². The summed E-state index contributed by atoms with van der Waals surface area (Å²) in [6, 6.07) is 6.61. The van der Waals surface area contributed by atoms with E-state index in [9.17, 15) is 14.4 Å². The van der Waals surface area contributed by atoms with Crippen molar-refractivity contribution in [2.75, 3.05) is 19.7 Å². The molecule has 1 aromatic carbocycles. The molecule has 2 rings (SSSR count). The minimum atomic E-state index is -0.797. The summed E-state index contributed by atoms with van der Waals surface area (Å²) < 4.78 is 5.41. The van der Waals surface area contributed by atoms with Gasteiger partial charge in [-0.1, -0.05) is 0 Å². The van der Waals surface area contributed by atoms with Gasteiger partial charge in [0.25, 0.3) is 5.91 Å². The van der Waals surface area contributed by atoms with Gasteiger partial charge in [-0.25, -0.2) is 0 Å². The van der Waals surface area contributed by atoms with Gasteiger partial charge in [0.1, 0.15) is 5.75 Å². The topological polar surface area (TPSA) is 83.9 Å². The molecule has 6 heteroatoms.